The number of ether oxygens (including phenoxy) is 1. The molecule has 0 bridgehead atoms. The van der Waals surface area contributed by atoms with Gasteiger partial charge in [-0.25, -0.2) is 0 Å². The second-order valence-electron chi connectivity index (χ2n) is 4.58. The molecule has 0 saturated carbocycles. The van der Waals surface area contributed by atoms with E-state index in [1.54, 1.807) is 24.3 Å². The quantitative estimate of drug-likeness (QED) is 0.757. The standard InChI is InChI=1S/C14H18N2O4/c17-12-3-1-11(2-4-12)5-6-15-13(18)14(19)16-7-9-20-10-8-16/h1-4,17H,5-10H2,(H,15,18). The van der Waals surface area contributed by atoms with Crippen molar-refractivity contribution in [2.24, 2.45) is 0 Å². The Kier molecular flexibility index (Phi) is 4.95. The maximum Gasteiger partial charge on any atom is 0.312 e. The molecule has 20 heavy (non-hydrogen) atoms. The van der Waals surface area contributed by atoms with Gasteiger partial charge in [-0.05, 0) is 24.1 Å². The normalized spacial score (nSPS) is 14.9. The zero-order valence-electron chi connectivity index (χ0n) is 11.2. The Morgan fingerprint density at radius 1 is 1.20 bits per heavy atom. The molecule has 1 aromatic rings. The minimum atomic E-state index is -0.578. The predicted octanol–water partition coefficient (Wildman–Crippen LogP) is -0.0903. The van der Waals surface area contributed by atoms with Crippen LogP contribution in [0, 0.1) is 0 Å². The topological polar surface area (TPSA) is 78.9 Å². The molecule has 1 aromatic carbocycles. The van der Waals surface area contributed by atoms with Crippen molar-refractivity contribution in [3.8, 4) is 5.75 Å². The number of benzene rings is 1. The molecule has 6 heteroatoms. The Morgan fingerprint density at radius 3 is 2.50 bits per heavy atom. The number of nitrogens with one attached hydrogen (secondary N) is 1. The van der Waals surface area contributed by atoms with Gasteiger partial charge in [-0.2, -0.15) is 0 Å². The van der Waals surface area contributed by atoms with E-state index in [0.717, 1.165) is 5.56 Å². The molecule has 1 aliphatic heterocycles. The summed E-state index contributed by atoms with van der Waals surface area (Å²) in [7, 11) is 0. The molecule has 1 fully saturated rings. The highest BCUT2D eigenvalue weighted by atomic mass is 16.5. The van der Waals surface area contributed by atoms with Crippen LogP contribution in [0.2, 0.25) is 0 Å². The zero-order chi connectivity index (χ0) is 14.4. The van der Waals surface area contributed by atoms with Crippen LogP contribution in [0.5, 0.6) is 5.75 Å². The number of aromatic hydroxyl groups is 1. The summed E-state index contributed by atoms with van der Waals surface area (Å²) in [4.78, 5) is 25.0. The van der Waals surface area contributed by atoms with E-state index >= 15 is 0 Å². The largest absolute Gasteiger partial charge is 0.508 e. The number of amides is 2. The predicted molar refractivity (Wildman–Crippen MR) is 72.2 cm³/mol. The van der Waals surface area contributed by atoms with Crippen LogP contribution in [-0.4, -0.2) is 54.7 Å². The Balaban J connectivity index is 1.74. The lowest BCUT2D eigenvalue weighted by Gasteiger charge is -2.26. The van der Waals surface area contributed by atoms with Crippen LogP contribution in [0.4, 0.5) is 0 Å². The van der Waals surface area contributed by atoms with Gasteiger partial charge in [-0.3, -0.25) is 9.59 Å². The summed E-state index contributed by atoms with van der Waals surface area (Å²) >= 11 is 0. The highest BCUT2D eigenvalue weighted by Gasteiger charge is 2.22. The van der Waals surface area contributed by atoms with E-state index in [9.17, 15) is 9.59 Å². The summed E-state index contributed by atoms with van der Waals surface area (Å²) in [6.07, 6.45) is 0.614. The van der Waals surface area contributed by atoms with Gasteiger partial charge in [0.2, 0.25) is 0 Å². The first-order valence-electron chi connectivity index (χ1n) is 6.59. The second kappa shape index (κ2) is 6.91. The highest BCUT2D eigenvalue weighted by Crippen LogP contribution is 2.09. The fourth-order valence-corrected chi connectivity index (χ4v) is 1.97. The molecule has 1 aliphatic rings. The van der Waals surface area contributed by atoms with Crippen LogP contribution < -0.4 is 5.32 Å². The molecule has 0 aliphatic carbocycles. The summed E-state index contributed by atoms with van der Waals surface area (Å²) in [5.41, 5.74) is 0.988. The fraction of sp³-hybridized carbons (Fsp3) is 0.429. The molecule has 2 N–H and O–H groups in total. The number of hydrogen-bond acceptors (Lipinski definition) is 4. The lowest BCUT2D eigenvalue weighted by atomic mass is 10.1. The molecule has 0 unspecified atom stereocenters. The number of phenols is 1. The molecule has 0 spiro atoms. The van der Waals surface area contributed by atoms with Crippen molar-refractivity contribution < 1.29 is 19.4 Å². The Bertz CT molecular complexity index is 467. The summed E-state index contributed by atoms with van der Waals surface area (Å²) < 4.78 is 5.13. The minimum Gasteiger partial charge on any atom is -0.508 e. The van der Waals surface area contributed by atoms with E-state index in [4.69, 9.17) is 9.84 Å². The van der Waals surface area contributed by atoms with Crippen LogP contribution in [0.15, 0.2) is 24.3 Å². The second-order valence-corrected chi connectivity index (χ2v) is 4.58. The van der Waals surface area contributed by atoms with Gasteiger partial charge in [-0.15, -0.1) is 0 Å². The fourth-order valence-electron chi connectivity index (χ4n) is 1.97. The molecule has 2 amide bonds. The van der Waals surface area contributed by atoms with Crippen molar-refractivity contribution in [2.45, 2.75) is 6.42 Å². The van der Waals surface area contributed by atoms with Gasteiger partial charge < -0.3 is 20.1 Å². The van der Waals surface area contributed by atoms with E-state index in [1.165, 1.54) is 4.90 Å². The van der Waals surface area contributed by atoms with Gasteiger partial charge in [0, 0.05) is 19.6 Å². The summed E-state index contributed by atoms with van der Waals surface area (Å²) in [5, 5.41) is 11.8. The van der Waals surface area contributed by atoms with Crippen molar-refractivity contribution in [1.29, 1.82) is 0 Å². The van der Waals surface area contributed by atoms with Crippen molar-refractivity contribution in [3.05, 3.63) is 29.8 Å². The van der Waals surface area contributed by atoms with E-state index in [1.807, 2.05) is 0 Å². The van der Waals surface area contributed by atoms with Crippen molar-refractivity contribution >= 4 is 11.8 Å². The van der Waals surface area contributed by atoms with Crippen LogP contribution in [0.1, 0.15) is 5.56 Å². The molecule has 108 valence electrons. The Labute approximate surface area is 117 Å². The third kappa shape index (κ3) is 3.96. The van der Waals surface area contributed by atoms with Crippen molar-refractivity contribution in [1.82, 2.24) is 10.2 Å². The lowest BCUT2D eigenvalue weighted by molar-refractivity contribution is -0.148. The number of carbonyl (C=O) groups is 2. The number of nitrogens with zero attached hydrogens (tertiary/aromatic N) is 1. The van der Waals surface area contributed by atoms with Crippen LogP contribution in [-0.2, 0) is 20.7 Å². The number of phenolic OH excluding ortho intramolecular Hbond substituents is 1. The average molecular weight is 278 g/mol. The molecule has 2 rings (SSSR count). The molecular formula is C14H18N2O4. The Morgan fingerprint density at radius 2 is 1.85 bits per heavy atom. The van der Waals surface area contributed by atoms with Crippen LogP contribution in [0.3, 0.4) is 0 Å². The van der Waals surface area contributed by atoms with E-state index < -0.39 is 11.8 Å². The van der Waals surface area contributed by atoms with Gasteiger partial charge >= 0.3 is 11.8 Å². The van der Waals surface area contributed by atoms with Gasteiger partial charge in [0.1, 0.15) is 5.75 Å². The molecule has 6 nitrogen and oxygen atoms in total. The Hall–Kier alpha value is -2.08. The number of carbonyl (C=O) groups excluding carboxylic acids is 2. The minimum absolute atomic E-state index is 0.209. The number of rotatable bonds is 3. The van der Waals surface area contributed by atoms with E-state index in [-0.39, 0.29) is 5.75 Å². The molecule has 0 atom stereocenters. The maximum absolute atomic E-state index is 11.8. The maximum atomic E-state index is 11.8. The molecular weight excluding hydrogens is 260 g/mol. The average Bonchev–Trinajstić information content (AvgIpc) is 2.49. The first-order valence-corrected chi connectivity index (χ1v) is 6.59. The number of hydrogen-bond donors (Lipinski definition) is 2. The van der Waals surface area contributed by atoms with Crippen molar-refractivity contribution in [2.75, 3.05) is 32.8 Å². The molecule has 1 heterocycles. The summed E-state index contributed by atoms with van der Waals surface area (Å²) in [6.45, 7) is 2.27. The lowest BCUT2D eigenvalue weighted by Crippen LogP contribution is -2.48. The highest BCUT2D eigenvalue weighted by molar-refractivity contribution is 6.35. The van der Waals surface area contributed by atoms with E-state index in [0.29, 0.717) is 39.3 Å². The molecule has 0 aromatic heterocycles. The van der Waals surface area contributed by atoms with Gasteiger partial charge in [0.25, 0.3) is 0 Å². The molecule has 0 radical (unpaired) electrons. The van der Waals surface area contributed by atoms with Gasteiger partial charge in [0.15, 0.2) is 0 Å². The monoisotopic (exact) mass is 278 g/mol. The SMILES string of the molecule is O=C(NCCc1ccc(O)cc1)C(=O)N1CCOCC1. The third-order valence-corrected chi connectivity index (χ3v) is 3.13. The summed E-state index contributed by atoms with van der Waals surface area (Å²) in [5.74, 6) is -0.870. The van der Waals surface area contributed by atoms with Gasteiger partial charge in [-0.1, -0.05) is 12.1 Å². The molecule has 1 saturated heterocycles. The number of morpholine rings is 1. The van der Waals surface area contributed by atoms with E-state index in [2.05, 4.69) is 5.32 Å². The van der Waals surface area contributed by atoms with Crippen molar-refractivity contribution in [3.63, 3.8) is 0 Å². The first-order chi connectivity index (χ1) is 9.66. The first kappa shape index (κ1) is 14.3. The van der Waals surface area contributed by atoms with Crippen LogP contribution >= 0.6 is 0 Å². The smallest absolute Gasteiger partial charge is 0.312 e. The van der Waals surface area contributed by atoms with Crippen LogP contribution in [0.25, 0.3) is 0 Å². The zero-order valence-corrected chi connectivity index (χ0v) is 11.2. The van der Waals surface area contributed by atoms with Gasteiger partial charge in [0.05, 0.1) is 13.2 Å². The summed E-state index contributed by atoms with van der Waals surface area (Å²) in [6, 6.07) is 6.75. The third-order valence-electron chi connectivity index (χ3n) is 3.13.